The number of halogens is 3. The maximum absolute atomic E-state index is 14.5. The van der Waals surface area contributed by atoms with Crippen molar-refractivity contribution >= 4 is 43.8 Å². The van der Waals surface area contributed by atoms with Crippen LogP contribution < -0.4 is 21.1 Å². The standard InChI is InChI=1S/C21H32ClF2N5O2S2/c1-14(2)9-15(5-6-25)12-26-7-3-4-8-27-18-11-17(23)19(10-16(18)22)33(30,31)29-21-28-13-20(24)32-21/h10-11,13-15,26-27H,3-9,12,25H2,1-2H3,(H,28,29)/t15-/m1/s1. The molecule has 12 heteroatoms. The molecule has 7 nitrogen and oxygen atoms in total. The topological polar surface area (TPSA) is 109 Å². The highest BCUT2D eigenvalue weighted by atomic mass is 35.5. The molecule has 1 atom stereocenters. The van der Waals surface area contributed by atoms with Crippen LogP contribution in [0.15, 0.2) is 23.2 Å². The van der Waals surface area contributed by atoms with Crippen LogP contribution in [0.25, 0.3) is 0 Å². The Balaban J connectivity index is 1.81. The lowest BCUT2D eigenvalue weighted by atomic mass is 9.94. The Hall–Kier alpha value is -1.53. The molecule has 1 heterocycles. The van der Waals surface area contributed by atoms with Gasteiger partial charge in [-0.25, -0.2) is 17.8 Å². The summed E-state index contributed by atoms with van der Waals surface area (Å²) < 4.78 is 54.4. The SMILES string of the molecule is CC(C)C[C@@H](CCN)CNCCCCNc1cc(F)c(S(=O)(=O)Nc2ncc(F)s2)cc1Cl. The highest BCUT2D eigenvalue weighted by molar-refractivity contribution is 7.93. The summed E-state index contributed by atoms with van der Waals surface area (Å²) >= 11 is 6.67. The van der Waals surface area contributed by atoms with Crippen LogP contribution in [0, 0.1) is 22.8 Å². The molecular formula is C21H32ClF2N5O2S2. The Morgan fingerprint density at radius 2 is 1.94 bits per heavy atom. The van der Waals surface area contributed by atoms with Crippen LogP contribution in [0.4, 0.5) is 19.6 Å². The monoisotopic (exact) mass is 523 g/mol. The van der Waals surface area contributed by atoms with Crippen molar-refractivity contribution in [3.63, 3.8) is 0 Å². The molecule has 1 aromatic heterocycles. The van der Waals surface area contributed by atoms with E-state index in [4.69, 9.17) is 17.3 Å². The number of nitrogens with zero attached hydrogens (tertiary/aromatic N) is 1. The van der Waals surface area contributed by atoms with Crippen LogP contribution >= 0.6 is 22.9 Å². The van der Waals surface area contributed by atoms with E-state index in [1.165, 1.54) is 0 Å². The van der Waals surface area contributed by atoms with Gasteiger partial charge in [-0.1, -0.05) is 36.8 Å². The average molecular weight is 524 g/mol. The molecule has 0 aliphatic heterocycles. The van der Waals surface area contributed by atoms with Gasteiger partial charge in [-0.3, -0.25) is 4.72 Å². The second-order valence-corrected chi connectivity index (χ2v) is 11.3. The minimum atomic E-state index is -4.30. The second-order valence-electron chi connectivity index (χ2n) is 8.25. The van der Waals surface area contributed by atoms with Crippen molar-refractivity contribution in [3.05, 3.63) is 34.3 Å². The summed E-state index contributed by atoms with van der Waals surface area (Å²) in [5, 5.41) is 5.72. The lowest BCUT2D eigenvalue weighted by Crippen LogP contribution is -2.26. The Labute approximate surface area is 203 Å². The number of hydrogen-bond acceptors (Lipinski definition) is 7. The molecule has 0 spiro atoms. The number of anilines is 2. The summed E-state index contributed by atoms with van der Waals surface area (Å²) in [4.78, 5) is 2.94. The van der Waals surface area contributed by atoms with Gasteiger partial charge in [0.15, 0.2) is 10.3 Å². The number of benzene rings is 1. The number of unbranched alkanes of at least 4 members (excludes halogenated alkanes) is 1. The van der Waals surface area contributed by atoms with E-state index >= 15 is 0 Å². The summed E-state index contributed by atoms with van der Waals surface area (Å²) in [6, 6.07) is 2.07. The Bertz CT molecular complexity index is 989. The number of hydrogen-bond donors (Lipinski definition) is 4. The largest absolute Gasteiger partial charge is 0.384 e. The van der Waals surface area contributed by atoms with Gasteiger partial charge in [0.1, 0.15) is 10.7 Å². The van der Waals surface area contributed by atoms with Crippen molar-refractivity contribution in [1.82, 2.24) is 10.3 Å². The quantitative estimate of drug-likeness (QED) is 0.253. The third-order valence-electron chi connectivity index (χ3n) is 4.92. The van der Waals surface area contributed by atoms with E-state index in [2.05, 4.69) is 29.5 Å². The Morgan fingerprint density at radius 1 is 1.21 bits per heavy atom. The van der Waals surface area contributed by atoms with Crippen LogP contribution in [0.5, 0.6) is 0 Å². The molecule has 0 saturated carbocycles. The molecule has 2 rings (SSSR count). The molecule has 0 fully saturated rings. The Morgan fingerprint density at radius 3 is 2.58 bits per heavy atom. The van der Waals surface area contributed by atoms with Gasteiger partial charge in [0.25, 0.3) is 10.0 Å². The molecule has 0 unspecified atom stereocenters. The van der Waals surface area contributed by atoms with Crippen LogP contribution in [-0.4, -0.2) is 39.6 Å². The highest BCUT2D eigenvalue weighted by Gasteiger charge is 2.23. The summed E-state index contributed by atoms with van der Waals surface area (Å²) in [5.41, 5.74) is 6.00. The minimum absolute atomic E-state index is 0.0681. The molecule has 186 valence electrons. The predicted octanol–water partition coefficient (Wildman–Crippen LogP) is 4.67. The van der Waals surface area contributed by atoms with Gasteiger partial charge < -0.3 is 16.4 Å². The first-order valence-electron chi connectivity index (χ1n) is 10.9. The molecule has 0 radical (unpaired) electrons. The lowest BCUT2D eigenvalue weighted by molar-refractivity contribution is 0.369. The van der Waals surface area contributed by atoms with Crippen LogP contribution in [-0.2, 0) is 10.0 Å². The number of thiazole rings is 1. The van der Waals surface area contributed by atoms with E-state index in [0.29, 0.717) is 41.9 Å². The van der Waals surface area contributed by atoms with Crippen LogP contribution in [0.1, 0.15) is 39.5 Å². The lowest BCUT2D eigenvalue weighted by Gasteiger charge is -2.19. The summed E-state index contributed by atoms with van der Waals surface area (Å²) in [5.74, 6) is 0.253. The van der Waals surface area contributed by atoms with Crippen LogP contribution in [0.2, 0.25) is 5.02 Å². The molecule has 5 N–H and O–H groups in total. The average Bonchev–Trinajstić information content (AvgIpc) is 3.12. The maximum atomic E-state index is 14.5. The molecule has 0 saturated heterocycles. The fraction of sp³-hybridized carbons (Fsp3) is 0.571. The first-order chi connectivity index (χ1) is 15.6. The van der Waals surface area contributed by atoms with Gasteiger partial charge in [-0.15, -0.1) is 0 Å². The van der Waals surface area contributed by atoms with Crippen molar-refractivity contribution in [2.24, 2.45) is 17.6 Å². The van der Waals surface area contributed by atoms with Gasteiger partial charge >= 0.3 is 0 Å². The zero-order chi connectivity index (χ0) is 24.4. The van der Waals surface area contributed by atoms with Gasteiger partial charge in [0.2, 0.25) is 0 Å². The maximum Gasteiger partial charge on any atom is 0.266 e. The predicted molar refractivity (Wildman–Crippen MR) is 132 cm³/mol. The molecule has 2 aromatic rings. The second kappa shape index (κ2) is 13.4. The van der Waals surface area contributed by atoms with E-state index in [1.807, 2.05) is 4.72 Å². The van der Waals surface area contributed by atoms with Gasteiger partial charge in [-0.2, -0.15) is 4.39 Å². The molecule has 0 bridgehead atoms. The Kier molecular flexibility index (Phi) is 11.2. The van der Waals surface area contributed by atoms with E-state index in [1.54, 1.807) is 0 Å². The highest BCUT2D eigenvalue weighted by Crippen LogP contribution is 2.30. The van der Waals surface area contributed by atoms with Gasteiger partial charge in [0.05, 0.1) is 16.9 Å². The summed E-state index contributed by atoms with van der Waals surface area (Å²) in [7, 11) is -4.30. The summed E-state index contributed by atoms with van der Waals surface area (Å²) in [6.07, 6.45) is 4.79. The first kappa shape index (κ1) is 27.7. The first-order valence-corrected chi connectivity index (χ1v) is 13.6. The van der Waals surface area contributed by atoms with Crippen molar-refractivity contribution in [2.45, 2.75) is 44.4 Å². The van der Waals surface area contributed by atoms with E-state index in [-0.39, 0.29) is 10.2 Å². The van der Waals surface area contributed by atoms with Crippen molar-refractivity contribution in [3.8, 4) is 0 Å². The number of sulfonamides is 1. The van der Waals surface area contributed by atoms with Crippen molar-refractivity contribution in [2.75, 3.05) is 36.2 Å². The fourth-order valence-electron chi connectivity index (χ4n) is 3.45. The molecule has 0 amide bonds. The summed E-state index contributed by atoms with van der Waals surface area (Å²) in [6.45, 7) is 7.48. The molecule has 33 heavy (non-hydrogen) atoms. The zero-order valence-corrected chi connectivity index (χ0v) is 21.2. The van der Waals surface area contributed by atoms with Gasteiger partial charge in [-0.05, 0) is 69.3 Å². The molecular weight excluding hydrogens is 492 g/mol. The van der Waals surface area contributed by atoms with E-state index in [9.17, 15) is 17.2 Å². The van der Waals surface area contributed by atoms with Crippen LogP contribution in [0.3, 0.4) is 0 Å². The molecule has 1 aromatic carbocycles. The number of nitrogens with two attached hydrogens (primary N) is 1. The normalized spacial score (nSPS) is 12.8. The zero-order valence-electron chi connectivity index (χ0n) is 18.8. The van der Waals surface area contributed by atoms with E-state index < -0.39 is 25.9 Å². The third kappa shape index (κ3) is 9.32. The van der Waals surface area contributed by atoms with E-state index in [0.717, 1.165) is 57.1 Å². The fourth-order valence-corrected chi connectivity index (χ4v) is 5.62. The minimum Gasteiger partial charge on any atom is -0.384 e. The molecule has 0 aliphatic rings. The number of aromatic nitrogens is 1. The molecule has 0 aliphatic carbocycles. The van der Waals surface area contributed by atoms with Crippen molar-refractivity contribution in [1.29, 1.82) is 0 Å². The number of rotatable bonds is 15. The van der Waals surface area contributed by atoms with Gasteiger partial charge in [0, 0.05) is 6.54 Å². The third-order valence-corrected chi connectivity index (χ3v) is 7.42. The smallest absolute Gasteiger partial charge is 0.266 e. The van der Waals surface area contributed by atoms with Crippen molar-refractivity contribution < 1.29 is 17.2 Å². The number of nitrogens with one attached hydrogen (secondary N) is 3.